The van der Waals surface area contributed by atoms with E-state index in [9.17, 15) is 14.7 Å². The van der Waals surface area contributed by atoms with Crippen LogP contribution in [0.5, 0.6) is 5.75 Å². The predicted octanol–water partition coefficient (Wildman–Crippen LogP) is 4.02. The second-order valence-electron chi connectivity index (χ2n) is 6.99. The van der Waals surface area contributed by atoms with Gasteiger partial charge in [-0.05, 0) is 43.3 Å². The summed E-state index contributed by atoms with van der Waals surface area (Å²) in [5, 5.41) is 11.1. The number of aliphatic hydroxyl groups is 1. The maximum atomic E-state index is 13.0. The summed E-state index contributed by atoms with van der Waals surface area (Å²) in [6.07, 6.45) is 1.59. The lowest BCUT2D eigenvalue weighted by Gasteiger charge is -2.24. The maximum Gasteiger partial charge on any atom is 0.300 e. The third-order valence-electron chi connectivity index (χ3n) is 5.07. The quantitative estimate of drug-likeness (QED) is 0.406. The van der Waals surface area contributed by atoms with E-state index in [1.165, 1.54) is 12.0 Å². The van der Waals surface area contributed by atoms with Crippen LogP contribution in [0.15, 0.2) is 78.5 Å². The van der Waals surface area contributed by atoms with Crippen LogP contribution in [0.25, 0.3) is 5.76 Å². The number of amides is 1. The van der Waals surface area contributed by atoms with Gasteiger partial charge in [0.05, 0.1) is 18.4 Å². The molecule has 2 heterocycles. The summed E-state index contributed by atoms with van der Waals surface area (Å²) in [4.78, 5) is 31.8. The zero-order valence-corrected chi connectivity index (χ0v) is 16.6. The molecular formula is C24H20N2O4. The first-order chi connectivity index (χ1) is 14.5. The molecule has 1 amide bonds. The van der Waals surface area contributed by atoms with Crippen LogP contribution in [-0.4, -0.2) is 28.9 Å². The summed E-state index contributed by atoms with van der Waals surface area (Å²) >= 11 is 0. The van der Waals surface area contributed by atoms with Gasteiger partial charge in [0.1, 0.15) is 17.6 Å². The highest BCUT2D eigenvalue weighted by atomic mass is 16.5. The van der Waals surface area contributed by atoms with Crippen LogP contribution in [0.4, 0.5) is 5.69 Å². The summed E-state index contributed by atoms with van der Waals surface area (Å²) < 4.78 is 5.22. The van der Waals surface area contributed by atoms with Crippen molar-refractivity contribution in [2.24, 2.45) is 0 Å². The SMILES string of the molecule is COc1cccc(/C(O)=C2/C(=O)C(=O)N(c3ccc(C)cc3)C2c2ccccn2)c1. The van der Waals surface area contributed by atoms with Gasteiger partial charge in [0.15, 0.2) is 0 Å². The average Bonchev–Trinajstić information content (AvgIpc) is 3.05. The fourth-order valence-electron chi connectivity index (χ4n) is 3.55. The van der Waals surface area contributed by atoms with Crippen molar-refractivity contribution in [2.45, 2.75) is 13.0 Å². The number of aliphatic hydroxyl groups excluding tert-OH is 1. The van der Waals surface area contributed by atoms with Crippen LogP contribution in [0.2, 0.25) is 0 Å². The molecule has 1 N–H and O–H groups in total. The summed E-state index contributed by atoms with van der Waals surface area (Å²) in [7, 11) is 1.52. The first-order valence-electron chi connectivity index (χ1n) is 9.44. The number of carbonyl (C=O) groups is 2. The number of ether oxygens (including phenoxy) is 1. The Morgan fingerprint density at radius 1 is 1.03 bits per heavy atom. The van der Waals surface area contributed by atoms with Gasteiger partial charge in [-0.25, -0.2) is 0 Å². The van der Waals surface area contributed by atoms with Gasteiger partial charge in [0.25, 0.3) is 11.7 Å². The van der Waals surface area contributed by atoms with Gasteiger partial charge in [-0.15, -0.1) is 0 Å². The summed E-state index contributed by atoms with van der Waals surface area (Å²) in [6, 6.07) is 18.4. The number of anilines is 1. The Morgan fingerprint density at radius 3 is 2.47 bits per heavy atom. The fraction of sp³-hybridized carbons (Fsp3) is 0.125. The molecule has 0 saturated carbocycles. The van der Waals surface area contributed by atoms with E-state index in [1.54, 1.807) is 60.8 Å². The predicted molar refractivity (Wildman–Crippen MR) is 113 cm³/mol. The molecule has 6 heteroatoms. The molecule has 1 aliphatic heterocycles. The molecule has 0 bridgehead atoms. The van der Waals surface area contributed by atoms with Crippen molar-refractivity contribution in [1.82, 2.24) is 4.98 Å². The number of hydrogen-bond acceptors (Lipinski definition) is 5. The number of methoxy groups -OCH3 is 1. The molecule has 1 saturated heterocycles. The molecule has 4 rings (SSSR count). The summed E-state index contributed by atoms with van der Waals surface area (Å²) in [5.41, 5.74) is 2.45. The van der Waals surface area contributed by atoms with E-state index in [-0.39, 0.29) is 11.3 Å². The fourth-order valence-corrected chi connectivity index (χ4v) is 3.55. The largest absolute Gasteiger partial charge is 0.507 e. The molecule has 3 aromatic rings. The number of nitrogens with zero attached hydrogens (tertiary/aromatic N) is 2. The third-order valence-corrected chi connectivity index (χ3v) is 5.07. The Balaban J connectivity index is 1.93. The van der Waals surface area contributed by atoms with Crippen LogP contribution in [0, 0.1) is 6.92 Å². The molecular weight excluding hydrogens is 380 g/mol. The zero-order valence-electron chi connectivity index (χ0n) is 16.6. The van der Waals surface area contributed by atoms with Gasteiger partial charge in [0, 0.05) is 17.4 Å². The van der Waals surface area contributed by atoms with E-state index in [4.69, 9.17) is 4.74 Å². The minimum atomic E-state index is -0.847. The Labute approximate surface area is 174 Å². The number of carbonyl (C=O) groups excluding carboxylic acids is 2. The van der Waals surface area contributed by atoms with E-state index >= 15 is 0 Å². The first-order valence-corrected chi connectivity index (χ1v) is 9.44. The molecule has 150 valence electrons. The normalized spacial score (nSPS) is 17.9. The van der Waals surface area contributed by atoms with E-state index in [0.717, 1.165) is 5.56 Å². The monoisotopic (exact) mass is 400 g/mol. The number of aryl methyl sites for hydroxylation is 1. The average molecular weight is 400 g/mol. The van der Waals surface area contributed by atoms with Gasteiger partial charge in [-0.3, -0.25) is 19.5 Å². The lowest BCUT2D eigenvalue weighted by molar-refractivity contribution is -0.132. The number of rotatable bonds is 4. The third kappa shape index (κ3) is 3.33. The molecule has 1 fully saturated rings. The van der Waals surface area contributed by atoms with Gasteiger partial charge >= 0.3 is 0 Å². The van der Waals surface area contributed by atoms with Crippen molar-refractivity contribution in [3.63, 3.8) is 0 Å². The highest BCUT2D eigenvalue weighted by molar-refractivity contribution is 6.51. The van der Waals surface area contributed by atoms with Gasteiger partial charge in [-0.2, -0.15) is 0 Å². The van der Waals surface area contributed by atoms with Crippen molar-refractivity contribution in [3.8, 4) is 5.75 Å². The van der Waals surface area contributed by atoms with Crippen LogP contribution in [-0.2, 0) is 9.59 Å². The zero-order chi connectivity index (χ0) is 21.3. The van der Waals surface area contributed by atoms with Gasteiger partial charge in [-0.1, -0.05) is 35.9 Å². The Kier molecular flexibility index (Phi) is 5.06. The molecule has 6 nitrogen and oxygen atoms in total. The number of ketones is 1. The standard InChI is InChI=1S/C24H20N2O4/c1-15-9-11-17(12-10-15)26-21(19-8-3-4-13-25-19)20(23(28)24(26)29)22(27)16-6-5-7-18(14-16)30-2/h3-14,21,27H,1-2H3/b22-20-. The van der Waals surface area contributed by atoms with Crippen LogP contribution >= 0.6 is 0 Å². The van der Waals surface area contributed by atoms with E-state index in [2.05, 4.69) is 4.98 Å². The first kappa shape index (κ1) is 19.4. The Hall–Kier alpha value is -3.93. The molecule has 2 aromatic carbocycles. The maximum absolute atomic E-state index is 13.0. The summed E-state index contributed by atoms with van der Waals surface area (Å²) in [6.45, 7) is 1.94. The number of benzene rings is 2. The van der Waals surface area contributed by atoms with Crippen LogP contribution in [0.3, 0.4) is 0 Å². The van der Waals surface area contributed by atoms with Crippen molar-refractivity contribution in [2.75, 3.05) is 12.0 Å². The van der Waals surface area contributed by atoms with Gasteiger partial charge < -0.3 is 9.84 Å². The Morgan fingerprint density at radius 2 is 1.80 bits per heavy atom. The van der Waals surface area contributed by atoms with Crippen LogP contribution < -0.4 is 9.64 Å². The molecule has 30 heavy (non-hydrogen) atoms. The molecule has 0 radical (unpaired) electrons. The minimum Gasteiger partial charge on any atom is -0.507 e. The van der Waals surface area contributed by atoms with E-state index in [1.807, 2.05) is 19.1 Å². The Bertz CT molecular complexity index is 1140. The van der Waals surface area contributed by atoms with Crippen LogP contribution in [0.1, 0.15) is 22.9 Å². The second kappa shape index (κ2) is 7.83. The molecule has 0 aliphatic carbocycles. The summed E-state index contributed by atoms with van der Waals surface area (Å²) in [5.74, 6) is -1.20. The molecule has 0 spiro atoms. The number of Topliss-reactive ketones (excluding diaryl/α,β-unsaturated/α-hetero) is 1. The van der Waals surface area contributed by atoms with Crippen molar-refractivity contribution < 1.29 is 19.4 Å². The highest BCUT2D eigenvalue weighted by Gasteiger charge is 2.47. The molecule has 1 aliphatic rings. The number of pyridine rings is 1. The molecule has 1 unspecified atom stereocenters. The van der Waals surface area contributed by atoms with E-state index < -0.39 is 17.7 Å². The number of hydrogen-bond donors (Lipinski definition) is 1. The lowest BCUT2D eigenvalue weighted by atomic mass is 9.98. The lowest BCUT2D eigenvalue weighted by Crippen LogP contribution is -2.29. The van der Waals surface area contributed by atoms with Crippen molar-refractivity contribution in [3.05, 3.63) is 95.3 Å². The minimum absolute atomic E-state index is 0.00692. The highest BCUT2D eigenvalue weighted by Crippen LogP contribution is 2.41. The molecule has 1 aromatic heterocycles. The van der Waals surface area contributed by atoms with E-state index in [0.29, 0.717) is 22.7 Å². The second-order valence-corrected chi connectivity index (χ2v) is 6.99. The molecule has 1 atom stereocenters. The smallest absolute Gasteiger partial charge is 0.300 e. The topological polar surface area (TPSA) is 79.7 Å². The van der Waals surface area contributed by atoms with Crippen molar-refractivity contribution in [1.29, 1.82) is 0 Å². The van der Waals surface area contributed by atoms with Crippen molar-refractivity contribution >= 4 is 23.1 Å². The number of aromatic nitrogens is 1. The van der Waals surface area contributed by atoms with Gasteiger partial charge in [0.2, 0.25) is 0 Å².